The summed E-state index contributed by atoms with van der Waals surface area (Å²) in [6, 6.07) is 8.84. The summed E-state index contributed by atoms with van der Waals surface area (Å²) >= 11 is 0. The van der Waals surface area contributed by atoms with Crippen molar-refractivity contribution in [2.24, 2.45) is 0 Å². The second-order valence-corrected chi connectivity index (χ2v) is 7.42. The van der Waals surface area contributed by atoms with E-state index in [0.29, 0.717) is 19.1 Å². The first-order valence-electron chi connectivity index (χ1n) is 8.91. The minimum Gasteiger partial charge on any atom is -0.324 e. The molecule has 1 saturated heterocycles. The fourth-order valence-corrected chi connectivity index (χ4v) is 3.76. The Kier molecular flexibility index (Phi) is 3.98. The number of carbonyl (C=O) groups excluding carboxylic acids is 1. The van der Waals surface area contributed by atoms with Gasteiger partial charge in [0.1, 0.15) is 11.6 Å². The first-order valence-corrected chi connectivity index (χ1v) is 8.91. The highest BCUT2D eigenvalue weighted by molar-refractivity contribution is 5.88. The fourth-order valence-electron chi connectivity index (χ4n) is 3.76. The van der Waals surface area contributed by atoms with Gasteiger partial charge in [-0.25, -0.2) is 13.9 Å². The van der Waals surface area contributed by atoms with Crippen molar-refractivity contribution in [1.82, 2.24) is 14.7 Å². The van der Waals surface area contributed by atoms with E-state index in [0.717, 1.165) is 30.6 Å². The van der Waals surface area contributed by atoms with Gasteiger partial charge in [-0.3, -0.25) is 5.32 Å². The Morgan fingerprint density at radius 3 is 2.92 bits per heavy atom. The predicted molar refractivity (Wildman–Crippen MR) is 94.1 cm³/mol. The van der Waals surface area contributed by atoms with Crippen LogP contribution >= 0.6 is 0 Å². The van der Waals surface area contributed by atoms with Crippen LogP contribution in [0.4, 0.5) is 15.0 Å². The lowest BCUT2D eigenvalue weighted by molar-refractivity contribution is 0.219. The maximum absolute atomic E-state index is 13.6. The van der Waals surface area contributed by atoms with Crippen LogP contribution in [0.1, 0.15) is 44.2 Å². The molecular weight excluding hydrogens is 319 g/mol. The van der Waals surface area contributed by atoms with Gasteiger partial charge in [0, 0.05) is 24.6 Å². The van der Waals surface area contributed by atoms with E-state index in [2.05, 4.69) is 17.3 Å². The molecule has 0 unspecified atom stereocenters. The number of carbonyl (C=O) groups is 1. The lowest BCUT2D eigenvalue weighted by Crippen LogP contribution is -2.36. The Morgan fingerprint density at radius 1 is 1.36 bits per heavy atom. The van der Waals surface area contributed by atoms with Crippen LogP contribution in [0.3, 0.4) is 0 Å². The van der Waals surface area contributed by atoms with Crippen molar-refractivity contribution in [2.45, 2.75) is 44.1 Å². The molecule has 5 nitrogen and oxygen atoms in total. The van der Waals surface area contributed by atoms with Crippen molar-refractivity contribution in [1.29, 1.82) is 0 Å². The highest BCUT2D eigenvalue weighted by Crippen LogP contribution is 2.35. The van der Waals surface area contributed by atoms with Crippen LogP contribution < -0.4 is 5.32 Å². The molecule has 2 aliphatic rings. The smallest absolute Gasteiger partial charge is 0.323 e. The average Bonchev–Trinajstić information content (AvgIpc) is 3.14. The Morgan fingerprint density at radius 2 is 2.20 bits per heavy atom. The van der Waals surface area contributed by atoms with Gasteiger partial charge in [-0.15, -0.1) is 0 Å². The molecular formula is C19H23FN4O. The predicted octanol–water partition coefficient (Wildman–Crippen LogP) is 3.94. The molecule has 2 amide bonds. The summed E-state index contributed by atoms with van der Waals surface area (Å²) in [6.45, 7) is 3.34. The van der Waals surface area contributed by atoms with E-state index >= 15 is 0 Å². The summed E-state index contributed by atoms with van der Waals surface area (Å²) in [5.74, 6) is 0.528. The molecule has 1 N–H and O–H groups in total. The molecule has 0 radical (unpaired) electrons. The highest BCUT2D eigenvalue weighted by Gasteiger charge is 2.38. The topological polar surface area (TPSA) is 50.2 Å². The molecule has 1 aliphatic carbocycles. The van der Waals surface area contributed by atoms with E-state index in [-0.39, 0.29) is 17.3 Å². The molecule has 25 heavy (non-hydrogen) atoms. The lowest BCUT2D eigenvalue weighted by Gasteiger charge is -2.28. The van der Waals surface area contributed by atoms with E-state index in [1.54, 1.807) is 18.3 Å². The second kappa shape index (κ2) is 6.17. The number of nitrogens with one attached hydrogen (secondary N) is 1. The zero-order chi connectivity index (χ0) is 17.4. The van der Waals surface area contributed by atoms with Crippen LogP contribution in [0.5, 0.6) is 0 Å². The first kappa shape index (κ1) is 16.1. The molecule has 1 aliphatic heterocycles. The van der Waals surface area contributed by atoms with Gasteiger partial charge in [0.05, 0.1) is 12.2 Å². The summed E-state index contributed by atoms with van der Waals surface area (Å²) in [7, 11) is 0. The molecule has 2 aromatic rings. The van der Waals surface area contributed by atoms with Gasteiger partial charge in [0.15, 0.2) is 0 Å². The van der Waals surface area contributed by atoms with Crippen LogP contribution in [-0.2, 0) is 5.41 Å². The summed E-state index contributed by atoms with van der Waals surface area (Å²) in [4.78, 5) is 14.5. The maximum Gasteiger partial charge on any atom is 0.323 e. The molecule has 132 valence electrons. The number of amides is 2. The van der Waals surface area contributed by atoms with Crippen LogP contribution in [-0.4, -0.2) is 33.8 Å². The largest absolute Gasteiger partial charge is 0.324 e. The summed E-state index contributed by atoms with van der Waals surface area (Å²) < 4.78 is 15.5. The van der Waals surface area contributed by atoms with Gasteiger partial charge in [-0.2, -0.15) is 5.10 Å². The molecule has 4 rings (SSSR count). The highest BCUT2D eigenvalue weighted by atomic mass is 19.1. The lowest BCUT2D eigenvalue weighted by atomic mass is 9.82. The van der Waals surface area contributed by atoms with Gasteiger partial charge in [-0.05, 0) is 43.4 Å². The monoisotopic (exact) mass is 342 g/mol. The van der Waals surface area contributed by atoms with Gasteiger partial charge < -0.3 is 4.90 Å². The number of urea groups is 1. The summed E-state index contributed by atoms with van der Waals surface area (Å²) in [5, 5.41) is 7.34. The zero-order valence-corrected chi connectivity index (χ0v) is 14.4. The van der Waals surface area contributed by atoms with E-state index in [4.69, 9.17) is 0 Å². The van der Waals surface area contributed by atoms with Crippen LogP contribution in [0.15, 0.2) is 36.5 Å². The molecule has 2 heterocycles. The second-order valence-electron chi connectivity index (χ2n) is 7.42. The molecule has 1 atom stereocenters. The molecule has 6 heteroatoms. The number of anilines is 1. The molecule has 2 fully saturated rings. The normalized spacial score (nSPS) is 23.5. The van der Waals surface area contributed by atoms with Crippen LogP contribution in [0.25, 0.3) is 0 Å². The van der Waals surface area contributed by atoms with E-state index in [9.17, 15) is 9.18 Å². The van der Waals surface area contributed by atoms with Crippen LogP contribution in [0.2, 0.25) is 0 Å². The first-order chi connectivity index (χ1) is 12.0. The Labute approximate surface area is 146 Å². The van der Waals surface area contributed by atoms with Gasteiger partial charge >= 0.3 is 6.03 Å². The summed E-state index contributed by atoms with van der Waals surface area (Å²) in [5.41, 5.74) is 0.732. The van der Waals surface area contributed by atoms with Crippen molar-refractivity contribution in [3.05, 3.63) is 47.9 Å². The Balaban J connectivity index is 1.45. The Bertz CT molecular complexity index is 785. The van der Waals surface area contributed by atoms with Gasteiger partial charge in [-0.1, -0.05) is 19.1 Å². The summed E-state index contributed by atoms with van der Waals surface area (Å²) in [6.07, 6.45) is 6.01. The fraction of sp³-hybridized carbons (Fsp3) is 0.474. The van der Waals surface area contributed by atoms with Gasteiger partial charge in [0.25, 0.3) is 0 Å². The van der Waals surface area contributed by atoms with Crippen LogP contribution in [0, 0.1) is 5.82 Å². The standard InChI is InChI=1S/C19H23FN4O/c1-19(14-4-2-5-15(20)12-14)9-11-23(13-19)18(25)22-17-8-10-21-24(17)16-6-3-7-16/h2,4-5,8,10,12,16H,3,6-7,9,11,13H2,1H3,(H,22,25)/t19-/m0/s1. The van der Waals surface area contributed by atoms with Crippen molar-refractivity contribution in [2.75, 3.05) is 18.4 Å². The third-order valence-corrected chi connectivity index (χ3v) is 5.61. The van der Waals surface area contributed by atoms with E-state index in [1.807, 2.05) is 21.7 Å². The third kappa shape index (κ3) is 3.01. The molecule has 0 spiro atoms. The zero-order valence-electron chi connectivity index (χ0n) is 14.4. The number of benzene rings is 1. The number of hydrogen-bond acceptors (Lipinski definition) is 2. The van der Waals surface area contributed by atoms with E-state index in [1.165, 1.54) is 12.5 Å². The van der Waals surface area contributed by atoms with Crippen molar-refractivity contribution in [3.63, 3.8) is 0 Å². The molecule has 0 bridgehead atoms. The number of hydrogen-bond donors (Lipinski definition) is 1. The number of aromatic nitrogens is 2. The van der Waals surface area contributed by atoms with Crippen molar-refractivity contribution < 1.29 is 9.18 Å². The number of halogens is 1. The minimum atomic E-state index is -0.231. The minimum absolute atomic E-state index is 0.110. The third-order valence-electron chi connectivity index (χ3n) is 5.61. The average molecular weight is 342 g/mol. The van der Waals surface area contributed by atoms with Crippen molar-refractivity contribution >= 4 is 11.8 Å². The molecule has 1 aromatic carbocycles. The molecule has 1 aromatic heterocycles. The quantitative estimate of drug-likeness (QED) is 0.918. The SMILES string of the molecule is C[C@]1(c2cccc(F)c2)CCN(C(=O)Nc2ccnn2C2CCC2)C1. The number of nitrogens with zero attached hydrogens (tertiary/aromatic N) is 3. The molecule has 1 saturated carbocycles. The number of rotatable bonds is 3. The number of likely N-dealkylation sites (tertiary alicyclic amines) is 1. The van der Waals surface area contributed by atoms with E-state index < -0.39 is 0 Å². The van der Waals surface area contributed by atoms with Crippen molar-refractivity contribution in [3.8, 4) is 0 Å². The Hall–Kier alpha value is -2.37. The van der Waals surface area contributed by atoms with Gasteiger partial charge in [0.2, 0.25) is 0 Å². The maximum atomic E-state index is 13.6.